The summed E-state index contributed by atoms with van der Waals surface area (Å²) < 4.78 is 0. The first-order valence-corrected chi connectivity index (χ1v) is 7.62. The number of benzene rings is 1. The van der Waals surface area contributed by atoms with Crippen LogP contribution in [0.4, 0.5) is 0 Å². The van der Waals surface area contributed by atoms with E-state index >= 15 is 0 Å². The highest BCUT2D eigenvalue weighted by molar-refractivity contribution is 5.26. The smallest absolute Gasteiger partial charge is 0.00229 e. The highest BCUT2D eigenvalue weighted by Crippen LogP contribution is 2.42. The number of piperidine rings is 1. The summed E-state index contributed by atoms with van der Waals surface area (Å²) >= 11 is 0. The molecule has 1 heteroatoms. The number of aryl methyl sites for hydroxylation is 1. The van der Waals surface area contributed by atoms with E-state index in [4.69, 9.17) is 0 Å². The van der Waals surface area contributed by atoms with Gasteiger partial charge in [-0.15, -0.1) is 0 Å². The molecule has 0 bridgehead atoms. The molecule has 1 N–H and O–H groups in total. The third kappa shape index (κ3) is 2.47. The predicted molar refractivity (Wildman–Crippen MR) is 76.9 cm³/mol. The molecule has 1 heterocycles. The average molecular weight is 243 g/mol. The Kier molecular flexibility index (Phi) is 3.69. The van der Waals surface area contributed by atoms with Crippen LogP contribution in [0.1, 0.15) is 49.1 Å². The molecule has 2 aliphatic rings. The molecule has 0 spiro atoms. The lowest BCUT2D eigenvalue weighted by atomic mass is 9.73. The summed E-state index contributed by atoms with van der Waals surface area (Å²) in [7, 11) is 0. The van der Waals surface area contributed by atoms with E-state index in [0.717, 1.165) is 17.8 Å². The monoisotopic (exact) mass is 243 g/mol. The molecule has 98 valence electrons. The first-order valence-electron chi connectivity index (χ1n) is 7.62. The van der Waals surface area contributed by atoms with E-state index < -0.39 is 0 Å². The molecule has 2 fully saturated rings. The van der Waals surface area contributed by atoms with Crippen LogP contribution in [0.5, 0.6) is 0 Å². The van der Waals surface area contributed by atoms with Gasteiger partial charge in [0.2, 0.25) is 0 Å². The zero-order chi connectivity index (χ0) is 12.4. The van der Waals surface area contributed by atoms with Gasteiger partial charge in [0, 0.05) is 6.54 Å². The number of hydrogen-bond donors (Lipinski definition) is 1. The van der Waals surface area contributed by atoms with Gasteiger partial charge in [-0.2, -0.15) is 0 Å². The Balaban J connectivity index is 1.80. The van der Waals surface area contributed by atoms with Crippen LogP contribution < -0.4 is 5.32 Å². The second-order valence-electron chi connectivity index (χ2n) is 6.22. The van der Waals surface area contributed by atoms with Crippen LogP contribution in [0, 0.1) is 18.8 Å². The molecule has 1 aromatic carbocycles. The van der Waals surface area contributed by atoms with Crippen LogP contribution in [0.2, 0.25) is 0 Å². The number of nitrogens with one attached hydrogen (secondary N) is 1. The molecule has 0 amide bonds. The Labute approximate surface area is 111 Å². The zero-order valence-corrected chi connectivity index (χ0v) is 11.5. The summed E-state index contributed by atoms with van der Waals surface area (Å²) in [5, 5.41) is 3.60. The molecule has 0 radical (unpaired) electrons. The third-order valence-corrected chi connectivity index (χ3v) is 5.05. The van der Waals surface area contributed by atoms with Gasteiger partial charge in [0.05, 0.1) is 0 Å². The Morgan fingerprint density at radius 2 is 1.72 bits per heavy atom. The maximum absolute atomic E-state index is 3.60. The molecular weight excluding hydrogens is 218 g/mol. The normalized spacial score (nSPS) is 29.6. The predicted octanol–water partition coefficient (Wildman–Crippen LogP) is 3.88. The van der Waals surface area contributed by atoms with Crippen molar-refractivity contribution in [3.63, 3.8) is 0 Å². The minimum atomic E-state index is 0.752. The van der Waals surface area contributed by atoms with Crippen LogP contribution in [-0.2, 0) is 0 Å². The van der Waals surface area contributed by atoms with Gasteiger partial charge in [-0.25, -0.2) is 0 Å². The number of rotatable bonds is 2. The van der Waals surface area contributed by atoms with Crippen molar-refractivity contribution in [2.24, 2.45) is 11.8 Å². The topological polar surface area (TPSA) is 12.0 Å². The molecule has 1 aliphatic carbocycles. The van der Waals surface area contributed by atoms with Crippen molar-refractivity contribution >= 4 is 0 Å². The van der Waals surface area contributed by atoms with E-state index in [1.807, 2.05) is 0 Å². The van der Waals surface area contributed by atoms with Gasteiger partial charge in [-0.1, -0.05) is 55.5 Å². The van der Waals surface area contributed by atoms with Gasteiger partial charge in [0.25, 0.3) is 0 Å². The van der Waals surface area contributed by atoms with Gasteiger partial charge < -0.3 is 5.32 Å². The third-order valence-electron chi connectivity index (χ3n) is 5.05. The fourth-order valence-corrected chi connectivity index (χ4v) is 4.01. The van der Waals surface area contributed by atoms with Crippen LogP contribution >= 0.6 is 0 Å². The van der Waals surface area contributed by atoms with Gasteiger partial charge in [-0.05, 0) is 43.2 Å². The molecule has 2 atom stereocenters. The molecule has 18 heavy (non-hydrogen) atoms. The molecule has 0 aromatic heterocycles. The molecular formula is C17H25N. The van der Waals surface area contributed by atoms with Crippen molar-refractivity contribution in [3.05, 3.63) is 35.4 Å². The Bertz CT molecular complexity index is 375. The summed E-state index contributed by atoms with van der Waals surface area (Å²) in [5.74, 6) is 2.68. The first-order chi connectivity index (χ1) is 8.84. The first kappa shape index (κ1) is 12.2. The van der Waals surface area contributed by atoms with Crippen molar-refractivity contribution in [1.29, 1.82) is 0 Å². The van der Waals surface area contributed by atoms with Crippen molar-refractivity contribution in [1.82, 2.24) is 5.32 Å². The van der Waals surface area contributed by atoms with Crippen LogP contribution in [0.3, 0.4) is 0 Å². The highest BCUT2D eigenvalue weighted by Gasteiger charge is 2.33. The van der Waals surface area contributed by atoms with E-state index in [2.05, 4.69) is 36.5 Å². The minimum Gasteiger partial charge on any atom is -0.316 e. The summed E-state index contributed by atoms with van der Waals surface area (Å²) in [6.45, 7) is 4.59. The van der Waals surface area contributed by atoms with Crippen LogP contribution in [0.15, 0.2) is 24.3 Å². The maximum atomic E-state index is 3.60. The fourth-order valence-electron chi connectivity index (χ4n) is 4.01. The number of hydrogen-bond acceptors (Lipinski definition) is 1. The van der Waals surface area contributed by atoms with Crippen molar-refractivity contribution in [3.8, 4) is 0 Å². The summed E-state index contributed by atoms with van der Waals surface area (Å²) in [6, 6.07) is 9.26. The fraction of sp³-hybridized carbons (Fsp3) is 0.647. The lowest BCUT2D eigenvalue weighted by Gasteiger charge is -2.36. The Morgan fingerprint density at radius 1 is 1.00 bits per heavy atom. The SMILES string of the molecule is Cc1ccc(C2CNCCC2C2CCCC2)cc1. The lowest BCUT2D eigenvalue weighted by Crippen LogP contribution is -2.38. The Hall–Kier alpha value is -0.820. The summed E-state index contributed by atoms with van der Waals surface area (Å²) in [4.78, 5) is 0. The zero-order valence-electron chi connectivity index (χ0n) is 11.5. The largest absolute Gasteiger partial charge is 0.316 e. The van der Waals surface area contributed by atoms with Gasteiger partial charge in [0.15, 0.2) is 0 Å². The molecule has 3 rings (SSSR count). The average Bonchev–Trinajstić information content (AvgIpc) is 2.93. The van der Waals surface area contributed by atoms with E-state index in [-0.39, 0.29) is 0 Å². The molecule has 1 aromatic rings. The minimum absolute atomic E-state index is 0.752. The van der Waals surface area contributed by atoms with Gasteiger partial charge in [-0.3, -0.25) is 0 Å². The molecule has 1 aliphatic heterocycles. The van der Waals surface area contributed by atoms with E-state index in [9.17, 15) is 0 Å². The Morgan fingerprint density at radius 3 is 2.44 bits per heavy atom. The highest BCUT2D eigenvalue weighted by atomic mass is 14.9. The van der Waals surface area contributed by atoms with Crippen molar-refractivity contribution in [2.45, 2.75) is 44.9 Å². The lowest BCUT2D eigenvalue weighted by molar-refractivity contribution is 0.227. The van der Waals surface area contributed by atoms with E-state index in [0.29, 0.717) is 0 Å². The summed E-state index contributed by atoms with van der Waals surface area (Å²) in [6.07, 6.45) is 7.27. The van der Waals surface area contributed by atoms with Crippen molar-refractivity contribution in [2.75, 3.05) is 13.1 Å². The van der Waals surface area contributed by atoms with Gasteiger partial charge >= 0.3 is 0 Å². The second kappa shape index (κ2) is 5.44. The van der Waals surface area contributed by atoms with E-state index in [1.54, 1.807) is 5.56 Å². The molecule has 1 nitrogen and oxygen atoms in total. The molecule has 1 saturated heterocycles. The standard InChI is InChI=1S/C17H25N/c1-13-6-8-15(9-7-13)17-12-18-11-10-16(17)14-4-2-3-5-14/h6-9,14,16-18H,2-5,10-12H2,1H3. The maximum Gasteiger partial charge on any atom is 0.00229 e. The van der Waals surface area contributed by atoms with Crippen LogP contribution in [0.25, 0.3) is 0 Å². The quantitative estimate of drug-likeness (QED) is 0.831. The van der Waals surface area contributed by atoms with Crippen molar-refractivity contribution < 1.29 is 0 Å². The second-order valence-corrected chi connectivity index (χ2v) is 6.22. The van der Waals surface area contributed by atoms with Crippen LogP contribution in [-0.4, -0.2) is 13.1 Å². The molecule has 2 unspecified atom stereocenters. The van der Waals surface area contributed by atoms with E-state index in [1.165, 1.54) is 50.8 Å². The van der Waals surface area contributed by atoms with Gasteiger partial charge in [0.1, 0.15) is 0 Å². The summed E-state index contributed by atoms with van der Waals surface area (Å²) in [5.41, 5.74) is 2.93. The molecule has 1 saturated carbocycles.